The lowest BCUT2D eigenvalue weighted by molar-refractivity contribution is -0.137. The maximum atomic E-state index is 13.4. The molecule has 188 valence electrons. The van der Waals surface area contributed by atoms with E-state index >= 15 is 0 Å². The van der Waals surface area contributed by atoms with Crippen LogP contribution in [-0.2, 0) is 19.6 Å². The SMILES string of the molecule is Cn1c(=O)c(=C(NCCc2ccc(C(F)(F)F)cc2)Nc2ccccc2)c(=N)n2c1=NC1CCCC12. The molecule has 0 saturated heterocycles. The van der Waals surface area contributed by atoms with Crippen LogP contribution in [0.2, 0.25) is 0 Å². The zero-order valence-corrected chi connectivity index (χ0v) is 19.8. The Balaban J connectivity index is 1.52. The molecule has 2 unspecified atom stereocenters. The molecule has 0 bridgehead atoms. The van der Waals surface area contributed by atoms with Crippen molar-refractivity contribution in [2.75, 3.05) is 11.9 Å². The summed E-state index contributed by atoms with van der Waals surface area (Å²) in [5.74, 6) is 0.385. The summed E-state index contributed by atoms with van der Waals surface area (Å²) >= 11 is 0. The maximum absolute atomic E-state index is 13.4. The van der Waals surface area contributed by atoms with Crippen LogP contribution in [0, 0.1) is 5.41 Å². The van der Waals surface area contributed by atoms with Gasteiger partial charge in [-0.3, -0.25) is 19.3 Å². The number of fused-ring (bicyclic) bond motifs is 3. The van der Waals surface area contributed by atoms with Crippen molar-refractivity contribution in [2.24, 2.45) is 12.0 Å². The molecule has 1 aromatic heterocycles. The Kier molecular flexibility index (Phi) is 6.19. The van der Waals surface area contributed by atoms with Crippen LogP contribution >= 0.6 is 0 Å². The van der Waals surface area contributed by atoms with Crippen molar-refractivity contribution >= 4 is 11.5 Å². The van der Waals surface area contributed by atoms with Crippen molar-refractivity contribution < 1.29 is 13.2 Å². The van der Waals surface area contributed by atoms with Gasteiger partial charge in [-0.15, -0.1) is 0 Å². The Labute approximate surface area is 205 Å². The van der Waals surface area contributed by atoms with E-state index in [1.54, 1.807) is 7.05 Å². The lowest BCUT2D eigenvalue weighted by Gasteiger charge is -2.17. The molecule has 1 saturated carbocycles. The van der Waals surface area contributed by atoms with Gasteiger partial charge < -0.3 is 10.6 Å². The molecule has 7 nitrogen and oxygen atoms in total. The second-order valence-electron chi connectivity index (χ2n) is 9.19. The monoisotopic (exact) mass is 496 g/mol. The molecular formula is C26H27F3N6O. The van der Waals surface area contributed by atoms with Gasteiger partial charge in [-0.05, 0) is 55.5 Å². The predicted molar refractivity (Wildman–Crippen MR) is 130 cm³/mol. The molecule has 0 radical (unpaired) electrons. The third kappa shape index (κ3) is 4.43. The van der Waals surface area contributed by atoms with Crippen LogP contribution < -0.4 is 32.5 Å². The second kappa shape index (κ2) is 9.33. The Morgan fingerprint density at radius 2 is 1.83 bits per heavy atom. The minimum absolute atomic E-state index is 0.0724. The summed E-state index contributed by atoms with van der Waals surface area (Å²) in [6.45, 7) is 0.349. The first-order valence-corrected chi connectivity index (χ1v) is 11.9. The van der Waals surface area contributed by atoms with E-state index in [1.807, 2.05) is 34.9 Å². The van der Waals surface area contributed by atoms with Crippen LogP contribution in [0.4, 0.5) is 18.9 Å². The highest BCUT2D eigenvalue weighted by Crippen LogP contribution is 2.32. The van der Waals surface area contributed by atoms with Crippen LogP contribution in [0.25, 0.3) is 5.82 Å². The number of aromatic nitrogens is 2. The van der Waals surface area contributed by atoms with Gasteiger partial charge in [0.2, 0.25) is 5.62 Å². The molecule has 0 amide bonds. The van der Waals surface area contributed by atoms with Gasteiger partial charge in [0.1, 0.15) is 16.5 Å². The van der Waals surface area contributed by atoms with E-state index in [9.17, 15) is 18.0 Å². The molecule has 36 heavy (non-hydrogen) atoms. The molecule has 2 atom stereocenters. The zero-order valence-electron chi connectivity index (χ0n) is 19.8. The first-order valence-electron chi connectivity index (χ1n) is 11.9. The molecule has 3 aromatic rings. The number of benzene rings is 2. The summed E-state index contributed by atoms with van der Waals surface area (Å²) in [5.41, 5.74) is 1.06. The standard InChI is InChI=1S/C26H27F3N6O/c1-34-24(36)21(22(30)35-20-9-5-8-19(20)33-25(34)35)23(32-18-6-3-2-4-7-18)31-15-14-16-10-12-17(13-11-16)26(27,28)29/h2-4,6-7,10-13,19-20,30-32H,5,8-9,14-15H2,1H3. The molecule has 1 aliphatic heterocycles. The van der Waals surface area contributed by atoms with Crippen molar-refractivity contribution in [2.45, 2.75) is 43.9 Å². The van der Waals surface area contributed by atoms with Crippen molar-refractivity contribution in [1.29, 1.82) is 5.41 Å². The Morgan fingerprint density at radius 1 is 1.11 bits per heavy atom. The van der Waals surface area contributed by atoms with Crippen molar-refractivity contribution in [3.8, 4) is 0 Å². The predicted octanol–water partition coefficient (Wildman–Crippen LogP) is 2.42. The minimum atomic E-state index is -4.38. The van der Waals surface area contributed by atoms with Crippen LogP contribution in [0.1, 0.15) is 36.4 Å². The van der Waals surface area contributed by atoms with Gasteiger partial charge in [0, 0.05) is 19.3 Å². The summed E-state index contributed by atoms with van der Waals surface area (Å²) in [6.07, 6.45) is -1.05. The number of halogens is 3. The molecule has 1 aliphatic carbocycles. The summed E-state index contributed by atoms with van der Waals surface area (Å²) < 4.78 is 42.0. The van der Waals surface area contributed by atoms with Gasteiger partial charge in [-0.25, -0.2) is 4.99 Å². The van der Waals surface area contributed by atoms with Crippen LogP contribution in [0.5, 0.6) is 0 Å². The zero-order chi connectivity index (χ0) is 25.4. The molecule has 1 fully saturated rings. The third-order valence-electron chi connectivity index (χ3n) is 6.86. The van der Waals surface area contributed by atoms with Gasteiger partial charge in [0.05, 0.1) is 17.6 Å². The number of hydrogen-bond acceptors (Lipinski definition) is 5. The number of anilines is 1. The van der Waals surface area contributed by atoms with Crippen molar-refractivity contribution in [1.82, 2.24) is 14.5 Å². The number of alkyl halides is 3. The van der Waals surface area contributed by atoms with Crippen LogP contribution in [-0.4, -0.2) is 21.7 Å². The summed E-state index contributed by atoms with van der Waals surface area (Å²) in [6, 6.07) is 14.5. The van der Waals surface area contributed by atoms with Gasteiger partial charge in [0.25, 0.3) is 5.56 Å². The minimum Gasteiger partial charge on any atom is -0.371 e. The molecule has 2 aliphatic rings. The van der Waals surface area contributed by atoms with E-state index in [-0.39, 0.29) is 28.3 Å². The Hall–Kier alpha value is -3.82. The fourth-order valence-corrected chi connectivity index (χ4v) is 5.00. The van der Waals surface area contributed by atoms with Crippen molar-refractivity contribution in [3.05, 3.63) is 92.4 Å². The molecule has 10 heteroatoms. The molecule has 2 aromatic carbocycles. The summed E-state index contributed by atoms with van der Waals surface area (Å²) in [7, 11) is 1.67. The molecule has 0 spiro atoms. The molecule has 5 rings (SSSR count). The van der Waals surface area contributed by atoms with Gasteiger partial charge in [-0.1, -0.05) is 30.3 Å². The van der Waals surface area contributed by atoms with Crippen LogP contribution in [0.15, 0.2) is 64.4 Å². The van der Waals surface area contributed by atoms with Gasteiger partial charge in [0.15, 0.2) is 0 Å². The van der Waals surface area contributed by atoms with E-state index in [2.05, 4.69) is 10.6 Å². The number of nitrogens with zero attached hydrogens (tertiary/aromatic N) is 3. The van der Waals surface area contributed by atoms with Gasteiger partial charge in [-0.2, -0.15) is 13.2 Å². The van der Waals surface area contributed by atoms with Gasteiger partial charge >= 0.3 is 6.18 Å². The quantitative estimate of drug-likeness (QED) is 0.490. The second-order valence-corrected chi connectivity index (χ2v) is 9.19. The topological polar surface area (TPSA) is 87.2 Å². The van der Waals surface area contributed by atoms with E-state index in [1.165, 1.54) is 16.7 Å². The van der Waals surface area contributed by atoms with Crippen molar-refractivity contribution in [3.63, 3.8) is 0 Å². The average Bonchev–Trinajstić information content (AvgIpc) is 3.45. The highest BCUT2D eigenvalue weighted by Gasteiger charge is 2.35. The smallest absolute Gasteiger partial charge is 0.371 e. The lowest BCUT2D eigenvalue weighted by atomic mass is 10.1. The summed E-state index contributed by atoms with van der Waals surface area (Å²) in [5, 5.41) is 15.7. The fourth-order valence-electron chi connectivity index (χ4n) is 5.00. The van der Waals surface area contributed by atoms with E-state index in [0.29, 0.717) is 24.4 Å². The molecule has 3 N–H and O–H groups in total. The lowest BCUT2D eigenvalue weighted by Crippen LogP contribution is -2.59. The first kappa shape index (κ1) is 23.9. The van der Waals surface area contributed by atoms with E-state index < -0.39 is 11.7 Å². The number of nitrogens with one attached hydrogen (secondary N) is 3. The van der Waals surface area contributed by atoms with Crippen LogP contribution in [0.3, 0.4) is 0 Å². The normalized spacial score (nSPS) is 19.3. The molecule has 2 heterocycles. The average molecular weight is 497 g/mol. The summed E-state index contributed by atoms with van der Waals surface area (Å²) in [4.78, 5) is 18.1. The maximum Gasteiger partial charge on any atom is 0.416 e. The number of hydrogen-bond donors (Lipinski definition) is 3. The third-order valence-corrected chi connectivity index (χ3v) is 6.86. The first-order chi connectivity index (χ1) is 17.2. The highest BCUT2D eigenvalue weighted by atomic mass is 19.4. The fraction of sp³-hybridized carbons (Fsp3) is 0.346. The molecular weight excluding hydrogens is 469 g/mol. The van der Waals surface area contributed by atoms with E-state index in [0.717, 1.165) is 42.6 Å². The number of rotatable bonds is 6. The largest absolute Gasteiger partial charge is 0.416 e. The van der Waals surface area contributed by atoms with E-state index in [4.69, 9.17) is 10.4 Å². The highest BCUT2D eigenvalue weighted by molar-refractivity contribution is 5.62. The Morgan fingerprint density at radius 3 is 2.53 bits per heavy atom. The number of para-hydroxylation sites is 1. The Bertz CT molecular complexity index is 1510.